The number of ether oxygens (including phenoxy) is 1. The van der Waals surface area contributed by atoms with Crippen LogP contribution >= 0.6 is 11.3 Å². The first-order valence-corrected chi connectivity index (χ1v) is 7.52. The molecule has 1 aromatic rings. The normalized spacial score (nSPS) is 26.9. The first kappa shape index (κ1) is 13.1. The second-order valence-corrected chi connectivity index (χ2v) is 5.98. The van der Waals surface area contributed by atoms with Gasteiger partial charge >= 0.3 is 0 Å². The topological polar surface area (TPSA) is 21.3 Å². The van der Waals surface area contributed by atoms with Crippen LogP contribution in [0.3, 0.4) is 0 Å². The van der Waals surface area contributed by atoms with Crippen LogP contribution in [0.2, 0.25) is 0 Å². The van der Waals surface area contributed by atoms with E-state index in [2.05, 4.69) is 36.7 Å². The molecule has 1 saturated heterocycles. The van der Waals surface area contributed by atoms with Gasteiger partial charge in [0.2, 0.25) is 0 Å². The second kappa shape index (κ2) is 6.53. The Morgan fingerprint density at radius 2 is 2.47 bits per heavy atom. The van der Waals surface area contributed by atoms with Crippen LogP contribution in [-0.4, -0.2) is 25.8 Å². The van der Waals surface area contributed by atoms with Crippen LogP contribution in [0.4, 0.5) is 0 Å². The summed E-state index contributed by atoms with van der Waals surface area (Å²) in [6.07, 6.45) is 2.37. The Hall–Kier alpha value is -0.380. The van der Waals surface area contributed by atoms with E-state index in [0.717, 1.165) is 25.7 Å². The van der Waals surface area contributed by atoms with E-state index in [1.165, 1.54) is 17.7 Å². The van der Waals surface area contributed by atoms with Gasteiger partial charge in [-0.15, -0.1) is 11.3 Å². The van der Waals surface area contributed by atoms with Crippen molar-refractivity contribution in [1.29, 1.82) is 0 Å². The van der Waals surface area contributed by atoms with Gasteiger partial charge in [-0.05, 0) is 42.7 Å². The van der Waals surface area contributed by atoms with Crippen molar-refractivity contribution in [3.05, 3.63) is 22.4 Å². The molecule has 0 aliphatic carbocycles. The molecule has 2 heterocycles. The maximum Gasteiger partial charge on any atom is 0.0494 e. The van der Waals surface area contributed by atoms with Crippen molar-refractivity contribution in [1.82, 2.24) is 5.32 Å². The molecule has 2 rings (SSSR count). The molecule has 0 radical (unpaired) electrons. The molecule has 3 heteroatoms. The smallest absolute Gasteiger partial charge is 0.0494 e. The molecular weight excluding hydrogens is 230 g/mol. The van der Waals surface area contributed by atoms with E-state index < -0.39 is 0 Å². The molecule has 1 aromatic heterocycles. The number of nitrogens with one attached hydrogen (secondary N) is 1. The van der Waals surface area contributed by atoms with E-state index in [1.54, 1.807) is 0 Å². The minimum atomic E-state index is 0.609. The molecule has 0 saturated carbocycles. The van der Waals surface area contributed by atoms with Crippen molar-refractivity contribution in [3.63, 3.8) is 0 Å². The van der Waals surface area contributed by atoms with Gasteiger partial charge in [-0.1, -0.05) is 19.9 Å². The summed E-state index contributed by atoms with van der Waals surface area (Å²) >= 11 is 1.87. The number of likely N-dealkylation sites (N-methyl/N-ethyl adjacent to an activating group) is 1. The maximum absolute atomic E-state index is 5.55. The van der Waals surface area contributed by atoms with E-state index in [-0.39, 0.29) is 0 Å². The summed E-state index contributed by atoms with van der Waals surface area (Å²) in [5.41, 5.74) is 0. The first-order valence-electron chi connectivity index (χ1n) is 6.64. The lowest BCUT2D eigenvalue weighted by atomic mass is 9.82. The highest BCUT2D eigenvalue weighted by Gasteiger charge is 2.29. The predicted octanol–water partition coefficient (Wildman–Crippen LogP) is 2.94. The van der Waals surface area contributed by atoms with E-state index in [9.17, 15) is 0 Å². The van der Waals surface area contributed by atoms with Crippen LogP contribution in [0.1, 0.15) is 25.1 Å². The molecule has 1 fully saturated rings. The van der Waals surface area contributed by atoms with Gasteiger partial charge in [0.05, 0.1) is 0 Å². The highest BCUT2D eigenvalue weighted by molar-refractivity contribution is 7.09. The maximum atomic E-state index is 5.55. The van der Waals surface area contributed by atoms with Gasteiger partial charge in [0, 0.05) is 24.1 Å². The average Bonchev–Trinajstić information content (AvgIpc) is 2.82. The Morgan fingerprint density at radius 3 is 3.12 bits per heavy atom. The highest BCUT2D eigenvalue weighted by Crippen LogP contribution is 2.27. The van der Waals surface area contributed by atoms with Gasteiger partial charge in [-0.25, -0.2) is 0 Å². The molecule has 0 spiro atoms. The van der Waals surface area contributed by atoms with Gasteiger partial charge in [0.25, 0.3) is 0 Å². The molecule has 17 heavy (non-hydrogen) atoms. The third-order valence-electron chi connectivity index (χ3n) is 3.69. The Morgan fingerprint density at radius 1 is 1.59 bits per heavy atom. The fraction of sp³-hybridized carbons (Fsp3) is 0.714. The summed E-state index contributed by atoms with van der Waals surface area (Å²) in [4.78, 5) is 1.50. The van der Waals surface area contributed by atoms with Crippen LogP contribution in [0, 0.1) is 11.8 Å². The minimum absolute atomic E-state index is 0.609. The van der Waals surface area contributed by atoms with E-state index >= 15 is 0 Å². The lowest BCUT2D eigenvalue weighted by Crippen LogP contribution is -2.44. The summed E-state index contributed by atoms with van der Waals surface area (Å²) in [5.74, 6) is 1.43. The van der Waals surface area contributed by atoms with Gasteiger partial charge < -0.3 is 10.1 Å². The summed E-state index contributed by atoms with van der Waals surface area (Å²) in [6.45, 7) is 7.44. The molecule has 0 amide bonds. The SMILES string of the molecule is CCNC(Cc1cccs1)C1CCOCC1C. The molecule has 0 aromatic carbocycles. The van der Waals surface area contributed by atoms with Crippen molar-refractivity contribution >= 4 is 11.3 Å². The number of hydrogen-bond donors (Lipinski definition) is 1. The third kappa shape index (κ3) is 3.54. The minimum Gasteiger partial charge on any atom is -0.381 e. The molecule has 1 aliphatic heterocycles. The summed E-state index contributed by atoms with van der Waals surface area (Å²) < 4.78 is 5.55. The molecule has 3 unspecified atom stereocenters. The summed E-state index contributed by atoms with van der Waals surface area (Å²) in [5, 5.41) is 5.84. The highest BCUT2D eigenvalue weighted by atomic mass is 32.1. The standard InChI is InChI=1S/C14H23NOS/c1-3-15-14(9-12-5-4-8-17-12)13-6-7-16-10-11(13)2/h4-5,8,11,13-15H,3,6-7,9-10H2,1-2H3. The zero-order valence-corrected chi connectivity index (χ0v) is 11.6. The third-order valence-corrected chi connectivity index (χ3v) is 4.59. The number of hydrogen-bond acceptors (Lipinski definition) is 3. The summed E-state index contributed by atoms with van der Waals surface area (Å²) in [7, 11) is 0. The lowest BCUT2D eigenvalue weighted by Gasteiger charge is -2.35. The first-order chi connectivity index (χ1) is 8.31. The average molecular weight is 253 g/mol. The molecule has 1 N–H and O–H groups in total. The zero-order valence-electron chi connectivity index (χ0n) is 10.8. The fourth-order valence-electron chi connectivity index (χ4n) is 2.78. The van der Waals surface area contributed by atoms with Crippen molar-refractivity contribution in [3.8, 4) is 0 Å². The fourth-order valence-corrected chi connectivity index (χ4v) is 3.54. The van der Waals surface area contributed by atoms with Crippen LogP contribution in [-0.2, 0) is 11.2 Å². The Bertz CT molecular complexity index is 312. The largest absolute Gasteiger partial charge is 0.381 e. The van der Waals surface area contributed by atoms with Crippen LogP contribution in [0.25, 0.3) is 0 Å². The van der Waals surface area contributed by atoms with Crippen LogP contribution < -0.4 is 5.32 Å². The van der Waals surface area contributed by atoms with Crippen LogP contribution in [0.15, 0.2) is 17.5 Å². The lowest BCUT2D eigenvalue weighted by molar-refractivity contribution is 0.0112. The van der Waals surface area contributed by atoms with Crippen molar-refractivity contribution in [2.45, 2.75) is 32.7 Å². The second-order valence-electron chi connectivity index (χ2n) is 4.95. The molecule has 2 nitrogen and oxygen atoms in total. The van der Waals surface area contributed by atoms with Crippen molar-refractivity contribution in [2.75, 3.05) is 19.8 Å². The van der Waals surface area contributed by atoms with Crippen molar-refractivity contribution in [2.24, 2.45) is 11.8 Å². The summed E-state index contributed by atoms with van der Waals surface area (Å²) in [6, 6.07) is 5.01. The van der Waals surface area contributed by atoms with Crippen molar-refractivity contribution < 1.29 is 4.74 Å². The quantitative estimate of drug-likeness (QED) is 0.871. The number of thiophene rings is 1. The van der Waals surface area contributed by atoms with E-state index in [0.29, 0.717) is 12.0 Å². The molecule has 0 bridgehead atoms. The van der Waals surface area contributed by atoms with Gasteiger partial charge in [-0.3, -0.25) is 0 Å². The zero-order chi connectivity index (χ0) is 12.1. The monoisotopic (exact) mass is 253 g/mol. The van der Waals surface area contributed by atoms with Gasteiger partial charge in [-0.2, -0.15) is 0 Å². The van der Waals surface area contributed by atoms with Crippen LogP contribution in [0.5, 0.6) is 0 Å². The number of rotatable bonds is 5. The Balaban J connectivity index is 1.99. The molecular formula is C14H23NOS. The molecule has 1 aliphatic rings. The van der Waals surface area contributed by atoms with E-state index in [4.69, 9.17) is 4.74 Å². The predicted molar refractivity (Wildman–Crippen MR) is 73.6 cm³/mol. The van der Waals surface area contributed by atoms with Gasteiger partial charge in [0.15, 0.2) is 0 Å². The van der Waals surface area contributed by atoms with E-state index in [1.807, 2.05) is 11.3 Å². The molecule has 96 valence electrons. The molecule has 3 atom stereocenters. The Kier molecular flexibility index (Phi) is 5.01. The van der Waals surface area contributed by atoms with Gasteiger partial charge in [0.1, 0.15) is 0 Å². The Labute approximate surface area is 108 Å².